The molecule has 0 atom stereocenters. The minimum atomic E-state index is -0.833. The van der Waals surface area contributed by atoms with Crippen molar-refractivity contribution in [1.82, 2.24) is 20.5 Å². The van der Waals surface area contributed by atoms with E-state index in [-0.39, 0.29) is 30.5 Å². The Balaban J connectivity index is 1.16. The van der Waals surface area contributed by atoms with Crippen molar-refractivity contribution in [3.8, 4) is 5.19 Å². The molecule has 0 bridgehead atoms. The molecule has 2 fully saturated rings. The molecule has 2 amide bonds. The van der Waals surface area contributed by atoms with E-state index >= 15 is 0 Å². The smallest absolute Gasteiger partial charge is 0.273 e. The van der Waals surface area contributed by atoms with Crippen molar-refractivity contribution in [2.45, 2.75) is 70.2 Å². The molecule has 8 nitrogen and oxygen atoms in total. The van der Waals surface area contributed by atoms with Gasteiger partial charge in [-0.25, -0.2) is 4.98 Å². The fraction of sp³-hybridized carbons (Fsp3) is 0.560. The molecule has 1 aliphatic carbocycles. The van der Waals surface area contributed by atoms with Crippen LogP contribution in [-0.4, -0.2) is 64.6 Å². The first-order chi connectivity index (χ1) is 16.2. The molecule has 1 saturated heterocycles. The van der Waals surface area contributed by atoms with Crippen LogP contribution >= 0.6 is 11.3 Å². The first-order valence-electron chi connectivity index (χ1n) is 12.0. The highest BCUT2D eigenvalue weighted by molar-refractivity contribution is 7.13. The number of hydrogen-bond donors (Lipinski definition) is 3. The van der Waals surface area contributed by atoms with E-state index in [0.717, 1.165) is 36.4 Å². The van der Waals surface area contributed by atoms with Crippen molar-refractivity contribution in [3.63, 3.8) is 0 Å². The third-order valence-corrected chi connectivity index (χ3v) is 7.62. The SMILES string of the molecule is Cc1cccc(C(=O)NCC(=O)NC2CN(C3CCC(O)(c4cnc(OC(C)C)s4)CC3)C2)c1. The van der Waals surface area contributed by atoms with Gasteiger partial charge in [-0.2, -0.15) is 0 Å². The molecule has 0 spiro atoms. The Morgan fingerprint density at radius 3 is 2.71 bits per heavy atom. The number of carbonyl (C=O) groups is 2. The van der Waals surface area contributed by atoms with Gasteiger partial charge < -0.3 is 20.5 Å². The Hall–Kier alpha value is -2.49. The van der Waals surface area contributed by atoms with Crippen LogP contribution in [0.3, 0.4) is 0 Å². The van der Waals surface area contributed by atoms with E-state index in [9.17, 15) is 14.7 Å². The van der Waals surface area contributed by atoms with Crippen LogP contribution in [0.5, 0.6) is 5.19 Å². The molecule has 1 aliphatic heterocycles. The highest BCUT2D eigenvalue weighted by Crippen LogP contribution is 2.42. The average Bonchev–Trinajstić information content (AvgIpc) is 3.24. The highest BCUT2D eigenvalue weighted by atomic mass is 32.1. The maximum absolute atomic E-state index is 12.3. The van der Waals surface area contributed by atoms with E-state index < -0.39 is 5.60 Å². The van der Waals surface area contributed by atoms with Crippen molar-refractivity contribution >= 4 is 23.2 Å². The normalized spacial score (nSPS) is 23.4. The van der Waals surface area contributed by atoms with Gasteiger partial charge in [-0.05, 0) is 58.6 Å². The molecule has 2 aliphatic rings. The highest BCUT2D eigenvalue weighted by Gasteiger charge is 2.41. The Bertz CT molecular complexity index is 1010. The Kier molecular flexibility index (Phi) is 7.54. The van der Waals surface area contributed by atoms with E-state index in [0.29, 0.717) is 29.6 Å². The van der Waals surface area contributed by atoms with Crippen LogP contribution < -0.4 is 15.4 Å². The van der Waals surface area contributed by atoms with Crippen LogP contribution in [-0.2, 0) is 10.4 Å². The predicted octanol–water partition coefficient (Wildman–Crippen LogP) is 2.60. The van der Waals surface area contributed by atoms with E-state index in [1.165, 1.54) is 11.3 Å². The summed E-state index contributed by atoms with van der Waals surface area (Å²) in [5.74, 6) is -0.416. The second-order valence-electron chi connectivity index (χ2n) is 9.69. The van der Waals surface area contributed by atoms with Gasteiger partial charge in [0.25, 0.3) is 11.1 Å². The van der Waals surface area contributed by atoms with Gasteiger partial charge in [0.15, 0.2) is 0 Å². The Labute approximate surface area is 204 Å². The Morgan fingerprint density at radius 1 is 1.29 bits per heavy atom. The number of thiazole rings is 1. The van der Waals surface area contributed by atoms with Crippen LogP contribution in [0, 0.1) is 6.92 Å². The molecule has 1 saturated carbocycles. The summed E-state index contributed by atoms with van der Waals surface area (Å²) in [5.41, 5.74) is 0.729. The van der Waals surface area contributed by atoms with Crippen molar-refractivity contribution in [2.75, 3.05) is 19.6 Å². The molecule has 3 N–H and O–H groups in total. The second-order valence-corrected chi connectivity index (χ2v) is 10.7. The van der Waals surface area contributed by atoms with Gasteiger partial charge in [-0.15, -0.1) is 0 Å². The summed E-state index contributed by atoms with van der Waals surface area (Å²) in [6.07, 6.45) is 5.01. The first kappa shape index (κ1) is 24.6. The lowest BCUT2D eigenvalue weighted by atomic mass is 9.80. The molecule has 0 unspecified atom stereocenters. The standard InChI is InChI=1S/C25H34N4O4S/c1-16(2)33-24-27-12-21(34-24)25(32)9-7-20(8-10-25)29-14-19(15-29)28-22(30)13-26-23(31)18-6-4-5-17(3)11-18/h4-6,11-12,16,19-20,32H,7-10,13-15H2,1-3H3,(H,26,31)(H,28,30). The lowest BCUT2D eigenvalue weighted by molar-refractivity contribution is -0.122. The molecular weight excluding hydrogens is 452 g/mol. The topological polar surface area (TPSA) is 104 Å². The summed E-state index contributed by atoms with van der Waals surface area (Å²) < 4.78 is 5.65. The van der Waals surface area contributed by atoms with Gasteiger partial charge in [-0.1, -0.05) is 29.0 Å². The Morgan fingerprint density at radius 2 is 2.03 bits per heavy atom. The van der Waals surface area contributed by atoms with E-state index in [2.05, 4.69) is 20.5 Å². The summed E-state index contributed by atoms with van der Waals surface area (Å²) >= 11 is 1.43. The molecule has 9 heteroatoms. The number of nitrogens with one attached hydrogen (secondary N) is 2. The summed E-state index contributed by atoms with van der Waals surface area (Å²) in [7, 11) is 0. The molecule has 184 valence electrons. The molecule has 1 aromatic carbocycles. The van der Waals surface area contributed by atoms with Crippen LogP contribution in [0.4, 0.5) is 0 Å². The van der Waals surface area contributed by atoms with Gasteiger partial charge in [0, 0.05) is 30.9 Å². The number of aromatic nitrogens is 1. The molecule has 0 radical (unpaired) electrons. The quantitative estimate of drug-likeness (QED) is 0.530. The summed E-state index contributed by atoms with van der Waals surface area (Å²) in [4.78, 5) is 32.0. The van der Waals surface area contributed by atoms with E-state index in [1.807, 2.05) is 32.9 Å². The monoisotopic (exact) mass is 486 g/mol. The molecule has 1 aromatic heterocycles. The number of likely N-dealkylation sites (tertiary alicyclic amines) is 1. The molecule has 2 heterocycles. The van der Waals surface area contributed by atoms with Crippen molar-refractivity contribution in [3.05, 3.63) is 46.5 Å². The van der Waals surface area contributed by atoms with E-state index in [4.69, 9.17) is 4.74 Å². The zero-order chi connectivity index (χ0) is 24.3. The number of amides is 2. The third kappa shape index (κ3) is 5.95. The molecule has 2 aromatic rings. The fourth-order valence-corrected chi connectivity index (χ4v) is 5.68. The number of aliphatic hydroxyl groups is 1. The predicted molar refractivity (Wildman–Crippen MR) is 131 cm³/mol. The van der Waals surface area contributed by atoms with Crippen LogP contribution in [0.25, 0.3) is 0 Å². The maximum Gasteiger partial charge on any atom is 0.273 e. The number of benzene rings is 1. The number of carbonyl (C=O) groups excluding carboxylic acids is 2. The minimum absolute atomic E-state index is 0.0307. The van der Waals surface area contributed by atoms with E-state index in [1.54, 1.807) is 18.3 Å². The van der Waals surface area contributed by atoms with Gasteiger partial charge in [0.2, 0.25) is 5.91 Å². The molecule has 34 heavy (non-hydrogen) atoms. The average molecular weight is 487 g/mol. The summed E-state index contributed by atoms with van der Waals surface area (Å²) in [5, 5.41) is 17.4. The summed E-state index contributed by atoms with van der Waals surface area (Å²) in [6, 6.07) is 7.81. The van der Waals surface area contributed by atoms with Crippen molar-refractivity contribution in [1.29, 1.82) is 0 Å². The van der Waals surface area contributed by atoms with Gasteiger partial charge in [0.05, 0.1) is 23.6 Å². The maximum atomic E-state index is 12.3. The van der Waals surface area contributed by atoms with Crippen LogP contribution in [0.15, 0.2) is 30.5 Å². The second kappa shape index (κ2) is 10.4. The molecular formula is C25H34N4O4S. The van der Waals surface area contributed by atoms with Crippen molar-refractivity contribution in [2.24, 2.45) is 0 Å². The largest absolute Gasteiger partial charge is 0.467 e. The van der Waals surface area contributed by atoms with Gasteiger partial charge in [-0.3, -0.25) is 14.5 Å². The number of ether oxygens (including phenoxy) is 1. The fourth-order valence-electron chi connectivity index (χ4n) is 4.65. The first-order valence-corrected chi connectivity index (χ1v) is 12.8. The van der Waals surface area contributed by atoms with Crippen LogP contribution in [0.2, 0.25) is 0 Å². The van der Waals surface area contributed by atoms with Gasteiger partial charge in [0.1, 0.15) is 5.60 Å². The zero-order valence-corrected chi connectivity index (χ0v) is 20.9. The minimum Gasteiger partial charge on any atom is -0.467 e. The number of nitrogens with zero attached hydrogens (tertiary/aromatic N) is 2. The van der Waals surface area contributed by atoms with Crippen LogP contribution in [0.1, 0.15) is 60.3 Å². The zero-order valence-electron chi connectivity index (χ0n) is 20.0. The van der Waals surface area contributed by atoms with Crippen molar-refractivity contribution < 1.29 is 19.4 Å². The third-order valence-electron chi connectivity index (χ3n) is 6.54. The summed E-state index contributed by atoms with van der Waals surface area (Å²) in [6.45, 7) is 7.42. The molecule has 4 rings (SSSR count). The lowest BCUT2D eigenvalue weighted by Gasteiger charge is -2.48. The number of aryl methyl sites for hydroxylation is 1. The number of rotatable bonds is 8. The number of hydrogen-bond acceptors (Lipinski definition) is 7. The van der Waals surface area contributed by atoms with Gasteiger partial charge >= 0.3 is 0 Å². The lowest BCUT2D eigenvalue weighted by Crippen LogP contribution is -2.63.